The van der Waals surface area contributed by atoms with Crippen molar-refractivity contribution >= 4 is 17.0 Å². The Kier molecular flexibility index (Phi) is 2.52. The van der Waals surface area contributed by atoms with E-state index < -0.39 is 0 Å². The number of para-hydroxylation sites is 1. The number of anilines is 1. The van der Waals surface area contributed by atoms with Crippen molar-refractivity contribution in [2.24, 2.45) is 0 Å². The summed E-state index contributed by atoms with van der Waals surface area (Å²) in [6, 6.07) is 16.4. The first-order valence-electron chi connectivity index (χ1n) is 6.12. The van der Waals surface area contributed by atoms with E-state index in [0.29, 0.717) is 5.95 Å². The van der Waals surface area contributed by atoms with Crippen molar-refractivity contribution in [3.8, 4) is 5.69 Å². The van der Waals surface area contributed by atoms with Gasteiger partial charge in [-0.25, -0.2) is 4.98 Å². The molecule has 0 atom stereocenters. The fraction of sp³-hybridized carbons (Fsp3) is 0.133. The van der Waals surface area contributed by atoms with Crippen molar-refractivity contribution in [3.63, 3.8) is 0 Å². The zero-order valence-electron chi connectivity index (χ0n) is 10.3. The SMILES string of the molecule is CCc1ccc2c(c1)nc(N)n2-c1ccccc1. The number of nitrogens with zero attached hydrogens (tertiary/aromatic N) is 2. The highest BCUT2D eigenvalue weighted by Crippen LogP contribution is 2.23. The lowest BCUT2D eigenvalue weighted by atomic mass is 10.1. The average molecular weight is 237 g/mol. The molecule has 0 radical (unpaired) electrons. The third-order valence-electron chi connectivity index (χ3n) is 3.17. The van der Waals surface area contributed by atoms with Crippen LogP contribution in [0.2, 0.25) is 0 Å². The van der Waals surface area contributed by atoms with E-state index in [2.05, 4.69) is 30.1 Å². The number of hydrogen-bond acceptors (Lipinski definition) is 2. The molecule has 1 heterocycles. The first kappa shape index (κ1) is 10.8. The normalized spacial score (nSPS) is 10.9. The minimum absolute atomic E-state index is 0.532. The van der Waals surface area contributed by atoms with Crippen molar-refractivity contribution < 1.29 is 0 Å². The molecule has 0 spiro atoms. The Hall–Kier alpha value is -2.29. The van der Waals surface area contributed by atoms with Gasteiger partial charge >= 0.3 is 0 Å². The number of hydrogen-bond donors (Lipinski definition) is 1. The summed E-state index contributed by atoms with van der Waals surface area (Å²) in [4.78, 5) is 4.44. The molecule has 0 bridgehead atoms. The van der Waals surface area contributed by atoms with E-state index in [1.807, 2.05) is 34.9 Å². The van der Waals surface area contributed by atoms with Gasteiger partial charge in [-0.1, -0.05) is 31.2 Å². The first-order chi connectivity index (χ1) is 8.79. The molecular formula is C15H15N3. The number of nitrogens with two attached hydrogens (primary N) is 1. The quantitative estimate of drug-likeness (QED) is 0.744. The van der Waals surface area contributed by atoms with Crippen molar-refractivity contribution in [1.82, 2.24) is 9.55 Å². The fourth-order valence-electron chi connectivity index (χ4n) is 2.21. The van der Waals surface area contributed by atoms with E-state index in [1.54, 1.807) is 0 Å². The molecule has 3 aromatic rings. The number of nitrogen functional groups attached to an aromatic ring is 1. The van der Waals surface area contributed by atoms with E-state index in [-0.39, 0.29) is 0 Å². The van der Waals surface area contributed by atoms with Gasteiger partial charge < -0.3 is 5.73 Å². The minimum Gasteiger partial charge on any atom is -0.369 e. The third kappa shape index (κ3) is 1.64. The van der Waals surface area contributed by atoms with Gasteiger partial charge in [-0.2, -0.15) is 0 Å². The predicted octanol–water partition coefficient (Wildman–Crippen LogP) is 3.17. The Morgan fingerprint density at radius 2 is 1.89 bits per heavy atom. The van der Waals surface area contributed by atoms with Gasteiger partial charge in [0.2, 0.25) is 5.95 Å². The van der Waals surface area contributed by atoms with Gasteiger partial charge in [-0.05, 0) is 36.2 Å². The lowest BCUT2D eigenvalue weighted by Crippen LogP contribution is -1.99. The third-order valence-corrected chi connectivity index (χ3v) is 3.17. The highest BCUT2D eigenvalue weighted by atomic mass is 15.2. The number of aromatic nitrogens is 2. The Labute approximate surface area is 106 Å². The Morgan fingerprint density at radius 3 is 2.61 bits per heavy atom. The second-order valence-corrected chi connectivity index (χ2v) is 4.32. The molecule has 1 aromatic heterocycles. The summed E-state index contributed by atoms with van der Waals surface area (Å²) in [5.74, 6) is 0.532. The van der Waals surface area contributed by atoms with Crippen molar-refractivity contribution in [3.05, 3.63) is 54.1 Å². The lowest BCUT2D eigenvalue weighted by molar-refractivity contribution is 1.11. The van der Waals surface area contributed by atoms with E-state index >= 15 is 0 Å². The van der Waals surface area contributed by atoms with E-state index in [1.165, 1.54) is 5.56 Å². The summed E-state index contributed by atoms with van der Waals surface area (Å²) in [6.45, 7) is 2.14. The summed E-state index contributed by atoms with van der Waals surface area (Å²) in [6.07, 6.45) is 1.01. The molecule has 0 aliphatic rings. The predicted molar refractivity (Wildman–Crippen MR) is 74.9 cm³/mol. The van der Waals surface area contributed by atoms with Crippen LogP contribution in [0, 0.1) is 0 Å². The second-order valence-electron chi connectivity index (χ2n) is 4.32. The summed E-state index contributed by atoms with van der Waals surface area (Å²) in [5, 5.41) is 0. The zero-order valence-corrected chi connectivity index (χ0v) is 10.3. The summed E-state index contributed by atoms with van der Waals surface area (Å²) in [7, 11) is 0. The fourth-order valence-corrected chi connectivity index (χ4v) is 2.21. The smallest absolute Gasteiger partial charge is 0.205 e. The van der Waals surface area contributed by atoms with Crippen LogP contribution in [-0.2, 0) is 6.42 Å². The van der Waals surface area contributed by atoms with Crippen LogP contribution >= 0.6 is 0 Å². The molecule has 0 amide bonds. The van der Waals surface area contributed by atoms with Crippen LogP contribution in [0.4, 0.5) is 5.95 Å². The molecular weight excluding hydrogens is 222 g/mol. The minimum atomic E-state index is 0.532. The highest BCUT2D eigenvalue weighted by Gasteiger charge is 2.09. The molecule has 3 heteroatoms. The molecule has 0 fully saturated rings. The van der Waals surface area contributed by atoms with Gasteiger partial charge in [-0.15, -0.1) is 0 Å². The molecule has 0 unspecified atom stereocenters. The molecule has 0 saturated heterocycles. The standard InChI is InChI=1S/C15H15N3/c1-2-11-8-9-14-13(10-11)17-15(16)18(14)12-6-4-3-5-7-12/h3-10H,2H2,1H3,(H2,16,17). The number of rotatable bonds is 2. The average Bonchev–Trinajstić information content (AvgIpc) is 2.74. The molecule has 3 nitrogen and oxygen atoms in total. The molecule has 0 aliphatic carbocycles. The Bertz CT molecular complexity index is 684. The topological polar surface area (TPSA) is 43.8 Å². The Morgan fingerprint density at radius 1 is 1.11 bits per heavy atom. The molecule has 3 rings (SSSR count). The monoisotopic (exact) mass is 237 g/mol. The number of imidazole rings is 1. The zero-order chi connectivity index (χ0) is 12.5. The van der Waals surface area contributed by atoms with E-state index in [4.69, 9.17) is 5.73 Å². The van der Waals surface area contributed by atoms with Gasteiger partial charge in [0.1, 0.15) is 0 Å². The van der Waals surface area contributed by atoms with E-state index in [0.717, 1.165) is 23.1 Å². The molecule has 2 aromatic carbocycles. The van der Waals surface area contributed by atoms with Crippen LogP contribution in [0.5, 0.6) is 0 Å². The van der Waals surface area contributed by atoms with E-state index in [9.17, 15) is 0 Å². The molecule has 0 aliphatic heterocycles. The van der Waals surface area contributed by atoms with Gasteiger partial charge in [0.05, 0.1) is 11.0 Å². The van der Waals surface area contributed by atoms with Gasteiger partial charge in [0, 0.05) is 5.69 Å². The summed E-state index contributed by atoms with van der Waals surface area (Å²) >= 11 is 0. The second kappa shape index (κ2) is 4.18. The van der Waals surface area contributed by atoms with Crippen LogP contribution in [0.15, 0.2) is 48.5 Å². The van der Waals surface area contributed by atoms with Crippen molar-refractivity contribution in [2.75, 3.05) is 5.73 Å². The van der Waals surface area contributed by atoms with Crippen LogP contribution in [0.25, 0.3) is 16.7 Å². The van der Waals surface area contributed by atoms with Gasteiger partial charge in [0.25, 0.3) is 0 Å². The summed E-state index contributed by atoms with van der Waals surface area (Å²) in [5.41, 5.74) is 10.4. The van der Waals surface area contributed by atoms with Crippen molar-refractivity contribution in [2.45, 2.75) is 13.3 Å². The lowest BCUT2D eigenvalue weighted by Gasteiger charge is -2.06. The molecule has 18 heavy (non-hydrogen) atoms. The van der Waals surface area contributed by atoms with Crippen molar-refractivity contribution in [1.29, 1.82) is 0 Å². The van der Waals surface area contributed by atoms with Gasteiger partial charge in [-0.3, -0.25) is 4.57 Å². The largest absolute Gasteiger partial charge is 0.369 e. The van der Waals surface area contributed by atoms with Crippen LogP contribution in [0.1, 0.15) is 12.5 Å². The molecule has 2 N–H and O–H groups in total. The highest BCUT2D eigenvalue weighted by molar-refractivity contribution is 5.81. The Balaban J connectivity index is 2.27. The van der Waals surface area contributed by atoms with Crippen LogP contribution in [0.3, 0.4) is 0 Å². The number of fused-ring (bicyclic) bond motifs is 1. The maximum absolute atomic E-state index is 6.03. The van der Waals surface area contributed by atoms with Crippen LogP contribution in [-0.4, -0.2) is 9.55 Å². The number of aryl methyl sites for hydroxylation is 1. The molecule has 0 saturated carbocycles. The molecule has 90 valence electrons. The van der Waals surface area contributed by atoms with Gasteiger partial charge in [0.15, 0.2) is 0 Å². The van der Waals surface area contributed by atoms with Crippen LogP contribution < -0.4 is 5.73 Å². The first-order valence-corrected chi connectivity index (χ1v) is 6.12. The maximum Gasteiger partial charge on any atom is 0.205 e. The summed E-state index contributed by atoms with van der Waals surface area (Å²) < 4.78 is 1.98. The maximum atomic E-state index is 6.03. The number of benzene rings is 2.